The molecular formula is C42H46O2P2Si3. The maximum absolute atomic E-state index is 7.11. The summed E-state index contributed by atoms with van der Waals surface area (Å²) in [7, 11) is -8.28. The lowest BCUT2D eigenvalue weighted by Gasteiger charge is -2.39. The monoisotopic (exact) mass is 728 g/mol. The molecule has 49 heavy (non-hydrogen) atoms. The summed E-state index contributed by atoms with van der Waals surface area (Å²) in [4.78, 5) is 0. The smallest absolute Gasteiger partial charge is 0.311 e. The van der Waals surface area contributed by atoms with Crippen molar-refractivity contribution in [2.24, 2.45) is 0 Å². The molecule has 0 aliphatic carbocycles. The van der Waals surface area contributed by atoms with Crippen LogP contribution in [0.25, 0.3) is 0 Å². The van der Waals surface area contributed by atoms with Crippen LogP contribution in [-0.2, 0) is 8.23 Å². The van der Waals surface area contributed by atoms with Gasteiger partial charge in [0.1, 0.15) is 0 Å². The van der Waals surface area contributed by atoms with Crippen molar-refractivity contribution in [3.8, 4) is 0 Å². The standard InChI is InChI=1S/C42H46O2P2Si3/c1-47(2,41-31-27-39(28-32-41)45(35-19-11-7-12-20-35)36-21-13-8-14-22-36)43-49(5,6)44-48(3,4)42-33-29-40(30-34-42)46(37-23-15-9-16-24-37)38-25-17-10-18-26-38/h7-34H,1-6H3. The van der Waals surface area contributed by atoms with Gasteiger partial charge in [-0.25, -0.2) is 0 Å². The van der Waals surface area contributed by atoms with E-state index >= 15 is 0 Å². The zero-order valence-electron chi connectivity index (χ0n) is 29.4. The van der Waals surface area contributed by atoms with Gasteiger partial charge >= 0.3 is 8.56 Å². The van der Waals surface area contributed by atoms with Crippen LogP contribution in [0.15, 0.2) is 170 Å². The van der Waals surface area contributed by atoms with Gasteiger partial charge in [0.25, 0.3) is 0 Å². The van der Waals surface area contributed by atoms with E-state index in [1.54, 1.807) is 0 Å². The van der Waals surface area contributed by atoms with E-state index in [1.165, 1.54) is 42.2 Å². The Labute approximate surface area is 299 Å². The van der Waals surface area contributed by atoms with Crippen molar-refractivity contribution in [2.45, 2.75) is 39.3 Å². The van der Waals surface area contributed by atoms with Crippen molar-refractivity contribution in [1.82, 2.24) is 0 Å². The van der Waals surface area contributed by atoms with Crippen molar-refractivity contribution in [3.63, 3.8) is 0 Å². The van der Waals surface area contributed by atoms with E-state index in [9.17, 15) is 0 Å². The highest BCUT2D eigenvalue weighted by molar-refractivity contribution is 7.80. The number of benzene rings is 6. The fourth-order valence-corrected chi connectivity index (χ4v) is 24.4. The zero-order chi connectivity index (χ0) is 34.5. The summed E-state index contributed by atoms with van der Waals surface area (Å²) in [5, 5.41) is 10.8. The summed E-state index contributed by atoms with van der Waals surface area (Å²) in [6.07, 6.45) is 0. The second-order valence-electron chi connectivity index (χ2n) is 13.7. The molecule has 6 aromatic carbocycles. The Morgan fingerprint density at radius 3 is 0.776 bits per heavy atom. The summed E-state index contributed by atoms with van der Waals surface area (Å²) in [6.45, 7) is 13.7. The molecule has 6 aromatic rings. The van der Waals surface area contributed by atoms with Crippen molar-refractivity contribution >= 4 is 83.2 Å². The topological polar surface area (TPSA) is 18.5 Å². The molecule has 0 heterocycles. The SMILES string of the molecule is C[Si](C)(O[Si](C)(C)c1ccc(P(c2ccccc2)c2ccccc2)cc1)O[Si](C)(C)c1ccc(P(c2ccccc2)c2ccccc2)cc1. The molecule has 0 N–H and O–H groups in total. The maximum Gasteiger partial charge on any atom is 0.311 e. The van der Waals surface area contributed by atoms with Crippen LogP contribution in [0.3, 0.4) is 0 Å². The summed E-state index contributed by atoms with van der Waals surface area (Å²) in [6, 6.07) is 62.1. The van der Waals surface area contributed by atoms with E-state index < -0.39 is 41.0 Å². The first-order chi connectivity index (χ1) is 23.5. The Morgan fingerprint density at radius 1 is 0.306 bits per heavy atom. The fraction of sp³-hybridized carbons (Fsp3) is 0.143. The highest BCUT2D eigenvalue weighted by Crippen LogP contribution is 2.34. The highest BCUT2D eigenvalue weighted by Gasteiger charge is 2.41. The summed E-state index contributed by atoms with van der Waals surface area (Å²) in [5.74, 6) is 0. The highest BCUT2D eigenvalue weighted by atomic mass is 31.1. The molecule has 0 spiro atoms. The van der Waals surface area contributed by atoms with Crippen LogP contribution in [-0.4, -0.2) is 25.2 Å². The number of rotatable bonds is 12. The molecule has 0 bridgehead atoms. The van der Waals surface area contributed by atoms with Crippen LogP contribution in [0.4, 0.5) is 0 Å². The van der Waals surface area contributed by atoms with Crippen LogP contribution in [0.5, 0.6) is 0 Å². The average Bonchev–Trinajstić information content (AvgIpc) is 3.10. The second kappa shape index (κ2) is 15.3. The van der Waals surface area contributed by atoms with Crippen LogP contribution < -0.4 is 42.2 Å². The van der Waals surface area contributed by atoms with Gasteiger partial charge in [0, 0.05) is 0 Å². The Bertz CT molecular complexity index is 1700. The van der Waals surface area contributed by atoms with Gasteiger partial charge in [0.05, 0.1) is 0 Å². The van der Waals surface area contributed by atoms with Crippen LogP contribution in [0, 0.1) is 0 Å². The molecule has 2 nitrogen and oxygen atoms in total. The molecule has 248 valence electrons. The lowest BCUT2D eigenvalue weighted by Crippen LogP contribution is -2.59. The molecule has 0 radical (unpaired) electrons. The fourth-order valence-electron chi connectivity index (χ4n) is 6.59. The average molecular weight is 729 g/mol. The minimum absolute atomic E-state index is 0.634. The lowest BCUT2D eigenvalue weighted by molar-refractivity contribution is 0.401. The molecule has 7 heteroatoms. The van der Waals surface area contributed by atoms with Crippen molar-refractivity contribution < 1.29 is 8.23 Å². The minimum atomic E-state index is -2.49. The summed E-state index contributed by atoms with van der Waals surface area (Å²) < 4.78 is 14.2. The van der Waals surface area contributed by atoms with Crippen LogP contribution >= 0.6 is 15.8 Å². The molecular weight excluding hydrogens is 683 g/mol. The Balaban J connectivity index is 1.19. The van der Waals surface area contributed by atoms with E-state index in [-0.39, 0.29) is 0 Å². The van der Waals surface area contributed by atoms with Gasteiger partial charge in [-0.05, 0) is 97.3 Å². The molecule has 0 aromatic heterocycles. The minimum Gasteiger partial charge on any atom is -0.433 e. The molecule has 0 saturated heterocycles. The van der Waals surface area contributed by atoms with E-state index in [4.69, 9.17) is 8.23 Å². The van der Waals surface area contributed by atoms with E-state index in [1.807, 2.05) is 0 Å². The van der Waals surface area contributed by atoms with Crippen molar-refractivity contribution in [1.29, 1.82) is 0 Å². The molecule has 6 rings (SSSR count). The van der Waals surface area contributed by atoms with Crippen LogP contribution in [0.1, 0.15) is 0 Å². The zero-order valence-corrected chi connectivity index (χ0v) is 34.2. The van der Waals surface area contributed by atoms with Gasteiger partial charge in [-0.3, -0.25) is 0 Å². The Kier molecular flexibility index (Phi) is 11.1. The van der Waals surface area contributed by atoms with E-state index in [0.717, 1.165) is 0 Å². The maximum atomic E-state index is 7.11. The van der Waals surface area contributed by atoms with Crippen molar-refractivity contribution in [2.75, 3.05) is 0 Å². The molecule has 0 amide bonds. The molecule has 0 aliphatic heterocycles. The van der Waals surface area contributed by atoms with E-state index in [0.29, 0.717) is 0 Å². The molecule has 0 fully saturated rings. The van der Waals surface area contributed by atoms with Gasteiger partial charge in [-0.2, -0.15) is 0 Å². The summed E-state index contributed by atoms with van der Waals surface area (Å²) >= 11 is 0. The second-order valence-corrected chi connectivity index (χ2v) is 29.8. The molecule has 0 atom stereocenters. The first kappa shape index (κ1) is 35.6. The Hall–Kier alpha value is -3.25. The number of hydrogen-bond donors (Lipinski definition) is 0. The van der Waals surface area contributed by atoms with Crippen LogP contribution in [0.2, 0.25) is 39.3 Å². The van der Waals surface area contributed by atoms with Crippen molar-refractivity contribution in [3.05, 3.63) is 170 Å². The molecule has 0 aliphatic rings. The third kappa shape index (κ3) is 8.74. The van der Waals surface area contributed by atoms with Gasteiger partial charge in [-0.1, -0.05) is 170 Å². The molecule has 0 unspecified atom stereocenters. The predicted molar refractivity (Wildman–Crippen MR) is 224 cm³/mol. The van der Waals surface area contributed by atoms with E-state index in [2.05, 4.69) is 209 Å². The predicted octanol–water partition coefficient (Wildman–Crippen LogP) is 7.46. The third-order valence-corrected chi connectivity index (χ3v) is 25.1. The first-order valence-corrected chi connectivity index (χ1v) is 28.3. The quantitative estimate of drug-likeness (QED) is 0.0963. The van der Waals surface area contributed by atoms with Gasteiger partial charge in [-0.15, -0.1) is 0 Å². The summed E-state index contributed by atoms with van der Waals surface area (Å²) in [5.41, 5.74) is 0. The third-order valence-electron chi connectivity index (χ3n) is 8.70. The van der Waals surface area contributed by atoms with Gasteiger partial charge in [0.15, 0.2) is 0 Å². The largest absolute Gasteiger partial charge is 0.433 e. The Morgan fingerprint density at radius 2 is 0.531 bits per heavy atom. The van der Waals surface area contributed by atoms with Gasteiger partial charge < -0.3 is 8.23 Å². The normalized spacial score (nSPS) is 12.4. The number of hydrogen-bond acceptors (Lipinski definition) is 2. The van der Waals surface area contributed by atoms with Gasteiger partial charge in [0.2, 0.25) is 16.6 Å². The molecule has 0 saturated carbocycles. The first-order valence-electron chi connectivity index (χ1n) is 16.9. The lowest BCUT2D eigenvalue weighted by atomic mass is 10.3.